The predicted octanol–water partition coefficient (Wildman–Crippen LogP) is 1.08. The van der Waals surface area contributed by atoms with Crippen LogP contribution >= 0.6 is 0 Å². The van der Waals surface area contributed by atoms with Gasteiger partial charge in [0.15, 0.2) is 0 Å². The average Bonchev–Trinajstić information content (AvgIpc) is 2.44. The number of nitrogens with one attached hydrogen (secondary N) is 1. The van der Waals surface area contributed by atoms with Gasteiger partial charge in [0.1, 0.15) is 12.3 Å². The summed E-state index contributed by atoms with van der Waals surface area (Å²) >= 11 is 0. The van der Waals surface area contributed by atoms with Gasteiger partial charge in [-0.2, -0.15) is 0 Å². The number of rotatable bonds is 6. The zero-order chi connectivity index (χ0) is 14.1. The molecule has 0 radical (unpaired) electrons. The van der Waals surface area contributed by atoms with E-state index < -0.39 is 11.9 Å². The minimum Gasteiger partial charge on any atom is -0.497 e. The van der Waals surface area contributed by atoms with E-state index in [1.807, 2.05) is 0 Å². The van der Waals surface area contributed by atoms with Crippen molar-refractivity contribution in [1.82, 2.24) is 5.32 Å². The van der Waals surface area contributed by atoms with E-state index in [4.69, 9.17) is 4.74 Å². The highest BCUT2D eigenvalue weighted by atomic mass is 16.5. The van der Waals surface area contributed by atoms with Crippen molar-refractivity contribution in [2.45, 2.75) is 6.92 Å². The third-order valence-corrected chi connectivity index (χ3v) is 2.12. The van der Waals surface area contributed by atoms with Gasteiger partial charge in [0, 0.05) is 0 Å². The van der Waals surface area contributed by atoms with E-state index in [-0.39, 0.29) is 13.2 Å². The monoisotopic (exact) mass is 264 g/mol. The van der Waals surface area contributed by atoms with Crippen molar-refractivity contribution in [1.29, 1.82) is 0 Å². The van der Waals surface area contributed by atoms with E-state index in [9.17, 15) is 9.59 Å². The second-order valence-corrected chi connectivity index (χ2v) is 3.48. The van der Waals surface area contributed by atoms with Crippen molar-refractivity contribution >= 4 is 23.8 Å². The lowest BCUT2D eigenvalue weighted by atomic mass is 10.3. The van der Waals surface area contributed by atoms with Crippen LogP contribution < -0.4 is 10.1 Å². The van der Waals surface area contributed by atoms with Gasteiger partial charge in [0.05, 0.1) is 25.6 Å². The zero-order valence-electron chi connectivity index (χ0n) is 10.9. The second kappa shape index (κ2) is 7.86. The molecule has 0 fully saturated rings. The normalized spacial score (nSPS) is 10.2. The Kier molecular flexibility index (Phi) is 6.08. The Morgan fingerprint density at radius 2 is 2.00 bits per heavy atom. The van der Waals surface area contributed by atoms with Crippen LogP contribution in [0, 0.1) is 0 Å². The molecule has 0 aromatic heterocycles. The van der Waals surface area contributed by atoms with Crippen molar-refractivity contribution in [3.8, 4) is 5.75 Å². The first-order valence-corrected chi connectivity index (χ1v) is 5.77. The Bertz CT molecular complexity index is 454. The summed E-state index contributed by atoms with van der Waals surface area (Å²) < 4.78 is 9.67. The molecule has 0 heterocycles. The quantitative estimate of drug-likeness (QED) is 0.616. The number of nitrogens with zero attached hydrogens (tertiary/aromatic N) is 1. The number of methoxy groups -OCH3 is 1. The molecule has 102 valence electrons. The fourth-order valence-corrected chi connectivity index (χ4v) is 1.22. The molecule has 1 aromatic rings. The summed E-state index contributed by atoms with van der Waals surface area (Å²) in [6.45, 7) is 1.82. The smallest absolute Gasteiger partial charge is 0.325 e. The van der Waals surface area contributed by atoms with Gasteiger partial charge in [0.25, 0.3) is 5.91 Å². The fraction of sp³-hybridized carbons (Fsp3) is 0.308. The number of ether oxygens (including phenoxy) is 2. The number of amides is 1. The fourth-order valence-electron chi connectivity index (χ4n) is 1.22. The lowest BCUT2D eigenvalue weighted by Gasteiger charge is -2.01. The minimum absolute atomic E-state index is 0.165. The SMILES string of the molecule is CCOC(=O)CNC(=O)C=Nc1ccc(OC)cc1. The summed E-state index contributed by atoms with van der Waals surface area (Å²) in [5.74, 6) is -0.219. The molecule has 0 bridgehead atoms. The van der Waals surface area contributed by atoms with Crippen LogP contribution in [-0.2, 0) is 14.3 Å². The molecule has 0 aliphatic rings. The Labute approximate surface area is 111 Å². The minimum atomic E-state index is -0.478. The maximum absolute atomic E-state index is 11.4. The number of hydrogen-bond donors (Lipinski definition) is 1. The molecule has 1 amide bonds. The third kappa shape index (κ3) is 5.67. The summed E-state index contributed by atoms with van der Waals surface area (Å²) in [6.07, 6.45) is 1.11. The van der Waals surface area contributed by atoms with Crippen LogP contribution in [0.3, 0.4) is 0 Å². The molecule has 1 N–H and O–H groups in total. The van der Waals surface area contributed by atoms with Crippen molar-refractivity contribution in [2.24, 2.45) is 4.99 Å². The highest BCUT2D eigenvalue weighted by molar-refractivity contribution is 6.27. The molecule has 0 aliphatic carbocycles. The lowest BCUT2D eigenvalue weighted by molar-refractivity contribution is -0.142. The van der Waals surface area contributed by atoms with E-state index in [0.717, 1.165) is 6.21 Å². The van der Waals surface area contributed by atoms with Gasteiger partial charge in [-0.3, -0.25) is 14.6 Å². The molecule has 0 spiro atoms. The molecule has 1 aromatic carbocycles. The Hall–Kier alpha value is -2.37. The van der Waals surface area contributed by atoms with E-state index >= 15 is 0 Å². The van der Waals surface area contributed by atoms with Gasteiger partial charge < -0.3 is 14.8 Å². The second-order valence-electron chi connectivity index (χ2n) is 3.48. The Morgan fingerprint density at radius 1 is 1.32 bits per heavy atom. The number of aliphatic imine (C=N–C) groups is 1. The first-order chi connectivity index (χ1) is 9.15. The molecule has 19 heavy (non-hydrogen) atoms. The van der Waals surface area contributed by atoms with Gasteiger partial charge in [-0.15, -0.1) is 0 Å². The van der Waals surface area contributed by atoms with Gasteiger partial charge in [-0.05, 0) is 31.2 Å². The standard InChI is InChI=1S/C13H16N2O4/c1-3-19-13(17)9-15-12(16)8-14-10-4-6-11(18-2)7-5-10/h4-8H,3,9H2,1-2H3,(H,15,16). The van der Waals surface area contributed by atoms with Gasteiger partial charge >= 0.3 is 5.97 Å². The molecule has 0 saturated carbocycles. The van der Waals surface area contributed by atoms with Crippen molar-refractivity contribution in [2.75, 3.05) is 20.3 Å². The van der Waals surface area contributed by atoms with E-state index in [1.165, 1.54) is 0 Å². The summed E-state index contributed by atoms with van der Waals surface area (Å²) in [6, 6.07) is 6.91. The van der Waals surface area contributed by atoms with Crippen molar-refractivity contribution < 1.29 is 19.1 Å². The van der Waals surface area contributed by atoms with E-state index in [2.05, 4.69) is 15.0 Å². The summed E-state index contributed by atoms with van der Waals surface area (Å²) in [4.78, 5) is 26.3. The van der Waals surface area contributed by atoms with Crippen molar-refractivity contribution in [3.63, 3.8) is 0 Å². The van der Waals surface area contributed by atoms with Gasteiger partial charge in [-0.25, -0.2) is 0 Å². The first-order valence-electron chi connectivity index (χ1n) is 5.77. The number of hydrogen-bond acceptors (Lipinski definition) is 5. The van der Waals surface area contributed by atoms with Crippen LogP contribution in [0.5, 0.6) is 5.75 Å². The van der Waals surface area contributed by atoms with Crippen LogP contribution in [-0.4, -0.2) is 38.4 Å². The number of benzene rings is 1. The third-order valence-electron chi connectivity index (χ3n) is 2.12. The van der Waals surface area contributed by atoms with Gasteiger partial charge in [0.2, 0.25) is 0 Å². The van der Waals surface area contributed by atoms with Crippen LogP contribution in [0.15, 0.2) is 29.3 Å². The maximum Gasteiger partial charge on any atom is 0.325 e. The topological polar surface area (TPSA) is 77.0 Å². The van der Waals surface area contributed by atoms with Gasteiger partial charge in [-0.1, -0.05) is 0 Å². The first kappa shape index (κ1) is 14.7. The van der Waals surface area contributed by atoms with Crippen LogP contribution in [0.4, 0.5) is 5.69 Å². The van der Waals surface area contributed by atoms with E-state index in [0.29, 0.717) is 11.4 Å². The average molecular weight is 264 g/mol. The van der Waals surface area contributed by atoms with Crippen LogP contribution in [0.2, 0.25) is 0 Å². The largest absolute Gasteiger partial charge is 0.497 e. The predicted molar refractivity (Wildman–Crippen MR) is 70.8 cm³/mol. The molecule has 0 atom stereocenters. The van der Waals surface area contributed by atoms with Crippen molar-refractivity contribution in [3.05, 3.63) is 24.3 Å². The summed E-state index contributed by atoms with van der Waals surface area (Å²) in [7, 11) is 1.57. The highest BCUT2D eigenvalue weighted by Gasteiger charge is 2.03. The summed E-state index contributed by atoms with van der Waals surface area (Å²) in [5.41, 5.74) is 0.618. The summed E-state index contributed by atoms with van der Waals surface area (Å²) in [5, 5.41) is 2.37. The zero-order valence-corrected chi connectivity index (χ0v) is 10.9. The Balaban J connectivity index is 2.42. The number of esters is 1. The van der Waals surface area contributed by atoms with E-state index in [1.54, 1.807) is 38.3 Å². The van der Waals surface area contributed by atoms with Crippen LogP contribution in [0.1, 0.15) is 6.92 Å². The molecule has 0 saturated heterocycles. The highest BCUT2D eigenvalue weighted by Crippen LogP contribution is 2.16. The maximum atomic E-state index is 11.4. The molecule has 1 rings (SSSR count). The number of carbonyl (C=O) groups excluding carboxylic acids is 2. The number of carbonyl (C=O) groups is 2. The molecule has 6 heteroatoms. The molecule has 6 nitrogen and oxygen atoms in total. The molecule has 0 aliphatic heterocycles. The lowest BCUT2D eigenvalue weighted by Crippen LogP contribution is -2.31. The molecule has 0 unspecified atom stereocenters. The molecular weight excluding hydrogens is 248 g/mol. The Morgan fingerprint density at radius 3 is 2.58 bits per heavy atom. The molecular formula is C13H16N2O4. The van der Waals surface area contributed by atoms with Crippen LogP contribution in [0.25, 0.3) is 0 Å².